The predicted octanol–water partition coefficient (Wildman–Crippen LogP) is 3.85. The molecule has 0 saturated carbocycles. The van der Waals surface area contributed by atoms with Gasteiger partial charge in [0.25, 0.3) is 5.91 Å². The van der Waals surface area contributed by atoms with Gasteiger partial charge < -0.3 is 20.1 Å². The molecular weight excluding hydrogens is 420 g/mol. The highest BCUT2D eigenvalue weighted by Gasteiger charge is 2.25. The summed E-state index contributed by atoms with van der Waals surface area (Å²) in [7, 11) is 0.183. The van der Waals surface area contributed by atoms with Crippen LogP contribution in [0.25, 0.3) is 0 Å². The standard InChI is InChI=1S/C25H34N2O4Si/c1-30-21-9-5-19(6-10-21)24(27-23(28)17-18-13-15-31-16-14-18)25(29)26-20-7-11-22(12-8-20)32(2,3)4/h5-12,18,24H,13-17H2,1-4H3,(H,26,29)(H,27,28). The van der Waals surface area contributed by atoms with E-state index in [4.69, 9.17) is 9.47 Å². The van der Waals surface area contributed by atoms with Gasteiger partial charge in [0.2, 0.25) is 5.91 Å². The fraction of sp³-hybridized carbons (Fsp3) is 0.440. The SMILES string of the molecule is COc1ccc(C(NC(=O)CC2CCOCC2)C(=O)Nc2ccc([Si](C)(C)C)cc2)cc1. The van der Waals surface area contributed by atoms with Crippen LogP contribution in [0, 0.1) is 5.92 Å². The van der Waals surface area contributed by atoms with Gasteiger partial charge in [0.15, 0.2) is 0 Å². The third-order valence-electron chi connectivity index (χ3n) is 5.85. The highest BCUT2D eigenvalue weighted by molar-refractivity contribution is 6.88. The molecule has 172 valence electrons. The Morgan fingerprint density at radius 1 is 1.03 bits per heavy atom. The second kappa shape index (κ2) is 10.8. The Morgan fingerprint density at radius 2 is 1.66 bits per heavy atom. The lowest BCUT2D eigenvalue weighted by atomic mass is 9.95. The van der Waals surface area contributed by atoms with Crippen molar-refractivity contribution < 1.29 is 19.1 Å². The lowest BCUT2D eigenvalue weighted by Gasteiger charge is -2.24. The molecule has 1 aliphatic rings. The molecule has 3 rings (SSSR count). The predicted molar refractivity (Wildman–Crippen MR) is 130 cm³/mol. The number of hydrogen-bond donors (Lipinski definition) is 2. The van der Waals surface area contributed by atoms with Crippen LogP contribution < -0.4 is 20.6 Å². The molecule has 1 saturated heterocycles. The molecular formula is C25H34N2O4Si. The van der Waals surface area contributed by atoms with Gasteiger partial charge in [0.05, 0.1) is 15.2 Å². The van der Waals surface area contributed by atoms with Crippen LogP contribution in [0.3, 0.4) is 0 Å². The summed E-state index contributed by atoms with van der Waals surface area (Å²) < 4.78 is 10.6. The molecule has 2 amide bonds. The third-order valence-corrected chi connectivity index (χ3v) is 7.92. The maximum atomic E-state index is 13.2. The molecule has 1 fully saturated rings. The van der Waals surface area contributed by atoms with Crippen LogP contribution in [-0.2, 0) is 14.3 Å². The second-order valence-electron chi connectivity index (χ2n) is 9.35. The molecule has 0 spiro atoms. The van der Waals surface area contributed by atoms with Crippen molar-refractivity contribution in [1.82, 2.24) is 5.32 Å². The van der Waals surface area contributed by atoms with Gasteiger partial charge in [0.1, 0.15) is 11.8 Å². The first-order valence-electron chi connectivity index (χ1n) is 11.2. The Morgan fingerprint density at radius 3 is 2.22 bits per heavy atom. The number of methoxy groups -OCH3 is 1. The molecule has 0 aliphatic carbocycles. The molecule has 7 heteroatoms. The zero-order valence-electron chi connectivity index (χ0n) is 19.4. The van der Waals surface area contributed by atoms with Crippen LogP contribution in [0.2, 0.25) is 19.6 Å². The summed E-state index contributed by atoms with van der Waals surface area (Å²) in [5.74, 6) is 0.596. The summed E-state index contributed by atoms with van der Waals surface area (Å²) in [5.41, 5.74) is 1.43. The van der Waals surface area contributed by atoms with Crippen molar-refractivity contribution in [3.63, 3.8) is 0 Å². The normalized spacial score (nSPS) is 15.6. The molecule has 32 heavy (non-hydrogen) atoms. The van der Waals surface area contributed by atoms with Gasteiger partial charge in [-0.1, -0.05) is 49.1 Å². The number of nitrogens with one attached hydrogen (secondary N) is 2. The Balaban J connectivity index is 1.74. The molecule has 2 aromatic rings. The zero-order valence-corrected chi connectivity index (χ0v) is 20.4. The summed E-state index contributed by atoms with van der Waals surface area (Å²) >= 11 is 0. The quantitative estimate of drug-likeness (QED) is 0.594. The summed E-state index contributed by atoms with van der Waals surface area (Å²) in [6, 6.07) is 14.4. The highest BCUT2D eigenvalue weighted by atomic mass is 28.3. The van der Waals surface area contributed by atoms with Gasteiger partial charge >= 0.3 is 0 Å². The number of carbonyl (C=O) groups is 2. The van der Waals surface area contributed by atoms with Crippen molar-refractivity contribution in [3.05, 3.63) is 54.1 Å². The van der Waals surface area contributed by atoms with E-state index in [0.717, 1.165) is 12.8 Å². The lowest BCUT2D eigenvalue weighted by molar-refractivity contribution is -0.127. The minimum absolute atomic E-state index is 0.123. The summed E-state index contributed by atoms with van der Waals surface area (Å²) in [5, 5.41) is 7.24. The van der Waals surface area contributed by atoms with Gasteiger partial charge in [0, 0.05) is 25.3 Å². The van der Waals surface area contributed by atoms with E-state index >= 15 is 0 Å². The van der Waals surface area contributed by atoms with E-state index in [9.17, 15) is 9.59 Å². The van der Waals surface area contributed by atoms with Gasteiger partial charge in [-0.2, -0.15) is 0 Å². The molecule has 1 heterocycles. The van der Waals surface area contributed by atoms with Gasteiger partial charge in [-0.15, -0.1) is 0 Å². The summed E-state index contributed by atoms with van der Waals surface area (Å²) in [6.07, 6.45) is 2.14. The summed E-state index contributed by atoms with van der Waals surface area (Å²) in [4.78, 5) is 26.0. The van der Waals surface area contributed by atoms with Gasteiger partial charge in [-0.25, -0.2) is 0 Å². The molecule has 1 unspecified atom stereocenters. The summed E-state index contributed by atoms with van der Waals surface area (Å²) in [6.45, 7) is 8.23. The van der Waals surface area contributed by atoms with Crippen LogP contribution in [0.5, 0.6) is 5.75 Å². The van der Waals surface area contributed by atoms with E-state index < -0.39 is 14.1 Å². The average Bonchev–Trinajstić information content (AvgIpc) is 2.78. The van der Waals surface area contributed by atoms with Crippen molar-refractivity contribution in [2.75, 3.05) is 25.6 Å². The maximum Gasteiger partial charge on any atom is 0.251 e. The molecule has 6 nitrogen and oxygen atoms in total. The fourth-order valence-electron chi connectivity index (χ4n) is 3.80. The van der Waals surface area contributed by atoms with Crippen molar-refractivity contribution >= 4 is 30.8 Å². The first-order chi connectivity index (χ1) is 15.3. The number of ether oxygens (including phenoxy) is 2. The zero-order chi connectivity index (χ0) is 23.1. The Kier molecular flexibility index (Phi) is 8.09. The molecule has 1 aliphatic heterocycles. The molecule has 0 aromatic heterocycles. The molecule has 0 bridgehead atoms. The van der Waals surface area contributed by atoms with E-state index in [0.29, 0.717) is 36.6 Å². The Labute approximate surface area is 191 Å². The monoisotopic (exact) mass is 454 g/mol. The van der Waals surface area contributed by atoms with Crippen LogP contribution >= 0.6 is 0 Å². The van der Waals surface area contributed by atoms with Gasteiger partial charge in [-0.3, -0.25) is 9.59 Å². The minimum Gasteiger partial charge on any atom is -0.497 e. The molecule has 2 N–H and O–H groups in total. The topological polar surface area (TPSA) is 76.7 Å². The number of carbonyl (C=O) groups excluding carboxylic acids is 2. The Hall–Kier alpha value is -2.64. The highest BCUT2D eigenvalue weighted by Crippen LogP contribution is 2.22. The molecule has 2 aromatic carbocycles. The average molecular weight is 455 g/mol. The van der Waals surface area contributed by atoms with Crippen LogP contribution in [-0.4, -0.2) is 40.2 Å². The van der Waals surface area contributed by atoms with E-state index in [1.165, 1.54) is 5.19 Å². The fourth-order valence-corrected chi connectivity index (χ4v) is 4.96. The maximum absolute atomic E-state index is 13.2. The van der Waals surface area contributed by atoms with Crippen molar-refractivity contribution in [2.24, 2.45) is 5.92 Å². The number of benzene rings is 2. The van der Waals surface area contributed by atoms with Crippen molar-refractivity contribution in [1.29, 1.82) is 0 Å². The first-order valence-corrected chi connectivity index (χ1v) is 14.7. The van der Waals surface area contributed by atoms with E-state index in [1.54, 1.807) is 19.2 Å². The smallest absolute Gasteiger partial charge is 0.251 e. The van der Waals surface area contributed by atoms with Crippen molar-refractivity contribution in [2.45, 2.75) is 44.9 Å². The second-order valence-corrected chi connectivity index (χ2v) is 14.4. The first kappa shape index (κ1) is 24.0. The number of anilines is 1. The largest absolute Gasteiger partial charge is 0.497 e. The van der Waals surface area contributed by atoms with Crippen LogP contribution in [0.15, 0.2) is 48.5 Å². The molecule has 0 radical (unpaired) electrons. The number of hydrogen-bond acceptors (Lipinski definition) is 4. The van der Waals surface area contributed by atoms with Crippen LogP contribution in [0.4, 0.5) is 5.69 Å². The third kappa shape index (κ3) is 6.68. The minimum atomic E-state index is -1.41. The van der Waals surface area contributed by atoms with E-state index in [-0.39, 0.29) is 17.7 Å². The molecule has 1 atom stereocenters. The van der Waals surface area contributed by atoms with E-state index in [2.05, 4.69) is 42.4 Å². The van der Waals surface area contributed by atoms with Crippen LogP contribution in [0.1, 0.15) is 30.9 Å². The Bertz CT molecular complexity index is 901. The lowest BCUT2D eigenvalue weighted by Crippen LogP contribution is -2.38. The number of rotatable bonds is 8. The van der Waals surface area contributed by atoms with Gasteiger partial charge in [-0.05, 0) is 48.6 Å². The van der Waals surface area contributed by atoms with E-state index in [1.807, 2.05) is 24.3 Å². The van der Waals surface area contributed by atoms with Crippen molar-refractivity contribution in [3.8, 4) is 5.75 Å². The number of amides is 2.